The number of aromatic nitrogens is 1. The molecule has 0 unspecified atom stereocenters. The second-order valence-corrected chi connectivity index (χ2v) is 7.50. The van der Waals surface area contributed by atoms with Crippen LogP contribution in [0.2, 0.25) is 0 Å². The van der Waals surface area contributed by atoms with Gasteiger partial charge in [-0.05, 0) is 30.9 Å². The molecule has 0 bridgehead atoms. The standard InChI is InChI=1S/C22H25N3O4.2ClH/c1-3-15-12-22(15,21(27)28-4-2)25-19(26)18-11-16(13-24-18)29-20-17-8-6-5-7-14(17)9-10-23-20;;/h3,5-10,15-16,18,24H,1,4,11-13H2,2H3,(H,25,26);2*1H/t15-,16-,18+,22-;;/m1../s1. The lowest BCUT2D eigenvalue weighted by Crippen LogP contribution is -2.51. The van der Waals surface area contributed by atoms with Crippen molar-refractivity contribution >= 4 is 47.5 Å². The molecule has 31 heavy (non-hydrogen) atoms. The topological polar surface area (TPSA) is 89.5 Å². The van der Waals surface area contributed by atoms with E-state index in [-0.39, 0.29) is 49.4 Å². The second-order valence-electron chi connectivity index (χ2n) is 7.50. The maximum absolute atomic E-state index is 12.8. The van der Waals surface area contributed by atoms with Crippen LogP contribution in [-0.2, 0) is 14.3 Å². The van der Waals surface area contributed by atoms with Gasteiger partial charge in [-0.3, -0.25) is 4.79 Å². The Kier molecular flexibility index (Phi) is 8.28. The molecular weight excluding hydrogens is 441 g/mol. The Bertz CT molecular complexity index is 952. The normalized spacial score (nSPS) is 26.2. The number of carbonyl (C=O) groups is 2. The van der Waals surface area contributed by atoms with Gasteiger partial charge < -0.3 is 20.1 Å². The number of pyridine rings is 1. The largest absolute Gasteiger partial charge is 0.472 e. The SMILES string of the molecule is C=C[C@@H]1C[C@]1(NC(=O)[C@@H]1C[C@@H](Oc2nccc3ccccc23)CN1)C(=O)OCC.Cl.Cl. The molecule has 7 nitrogen and oxygen atoms in total. The number of amides is 1. The van der Waals surface area contributed by atoms with Crippen molar-refractivity contribution in [2.24, 2.45) is 5.92 Å². The van der Waals surface area contributed by atoms with Crippen molar-refractivity contribution in [3.8, 4) is 5.88 Å². The molecule has 2 aromatic rings. The summed E-state index contributed by atoms with van der Waals surface area (Å²) in [6.45, 7) is 6.30. The first-order valence-corrected chi connectivity index (χ1v) is 9.93. The van der Waals surface area contributed by atoms with Crippen molar-refractivity contribution in [1.82, 2.24) is 15.6 Å². The number of hydrogen-bond donors (Lipinski definition) is 2. The zero-order valence-corrected chi connectivity index (χ0v) is 18.8. The van der Waals surface area contributed by atoms with Gasteiger partial charge in [0, 0.05) is 30.5 Å². The third-order valence-electron chi connectivity index (χ3n) is 5.61. The first-order valence-electron chi connectivity index (χ1n) is 9.93. The van der Waals surface area contributed by atoms with Gasteiger partial charge in [-0.25, -0.2) is 9.78 Å². The summed E-state index contributed by atoms with van der Waals surface area (Å²) in [5.41, 5.74) is -0.980. The summed E-state index contributed by atoms with van der Waals surface area (Å²) in [6, 6.07) is 9.39. The lowest BCUT2D eigenvalue weighted by molar-refractivity contribution is -0.149. The predicted molar refractivity (Wildman–Crippen MR) is 123 cm³/mol. The molecule has 4 atom stereocenters. The average molecular weight is 468 g/mol. The van der Waals surface area contributed by atoms with Gasteiger partial charge in [0.25, 0.3) is 0 Å². The van der Waals surface area contributed by atoms with E-state index in [1.807, 2.05) is 30.3 Å². The minimum absolute atomic E-state index is 0. The quantitative estimate of drug-likeness (QED) is 0.480. The maximum atomic E-state index is 12.8. The summed E-state index contributed by atoms with van der Waals surface area (Å²) in [5.74, 6) is -0.157. The summed E-state index contributed by atoms with van der Waals surface area (Å²) < 4.78 is 11.2. The molecule has 4 rings (SSSR count). The fourth-order valence-corrected chi connectivity index (χ4v) is 3.91. The average Bonchev–Trinajstić information content (AvgIpc) is 3.25. The summed E-state index contributed by atoms with van der Waals surface area (Å²) in [5, 5.41) is 8.07. The van der Waals surface area contributed by atoms with Gasteiger partial charge in [-0.15, -0.1) is 31.4 Å². The molecule has 9 heteroatoms. The van der Waals surface area contributed by atoms with Crippen molar-refractivity contribution in [3.05, 3.63) is 49.2 Å². The van der Waals surface area contributed by atoms with Gasteiger partial charge in [0.05, 0.1) is 12.6 Å². The Labute approximate surface area is 193 Å². The molecule has 1 aromatic heterocycles. The van der Waals surface area contributed by atoms with E-state index in [1.54, 1.807) is 19.2 Å². The predicted octanol–water partition coefficient (Wildman–Crippen LogP) is 2.81. The molecule has 1 saturated carbocycles. The third-order valence-corrected chi connectivity index (χ3v) is 5.61. The highest BCUT2D eigenvalue weighted by atomic mass is 35.5. The van der Waals surface area contributed by atoms with Crippen LogP contribution in [0, 0.1) is 5.92 Å². The van der Waals surface area contributed by atoms with E-state index in [0.717, 1.165) is 10.8 Å². The number of hydrogen-bond acceptors (Lipinski definition) is 6. The van der Waals surface area contributed by atoms with Crippen molar-refractivity contribution in [3.63, 3.8) is 0 Å². The third kappa shape index (κ3) is 4.95. The molecule has 0 spiro atoms. The fourth-order valence-electron chi connectivity index (χ4n) is 3.91. The maximum Gasteiger partial charge on any atom is 0.332 e. The van der Waals surface area contributed by atoms with Crippen LogP contribution in [0.3, 0.4) is 0 Å². The molecular formula is C22H27Cl2N3O4. The molecule has 1 amide bonds. The van der Waals surface area contributed by atoms with Crippen molar-refractivity contribution in [2.45, 2.75) is 37.5 Å². The van der Waals surface area contributed by atoms with E-state index < -0.39 is 17.6 Å². The molecule has 2 fully saturated rings. The van der Waals surface area contributed by atoms with E-state index in [0.29, 0.717) is 25.3 Å². The fraction of sp³-hybridized carbons (Fsp3) is 0.409. The Morgan fingerprint density at radius 3 is 2.81 bits per heavy atom. The monoisotopic (exact) mass is 467 g/mol. The summed E-state index contributed by atoms with van der Waals surface area (Å²) in [7, 11) is 0. The summed E-state index contributed by atoms with van der Waals surface area (Å²) >= 11 is 0. The number of halogens is 2. The van der Waals surface area contributed by atoms with E-state index in [2.05, 4.69) is 22.2 Å². The highest BCUT2D eigenvalue weighted by Crippen LogP contribution is 2.45. The molecule has 168 valence electrons. The van der Waals surface area contributed by atoms with E-state index >= 15 is 0 Å². The molecule has 1 aromatic carbocycles. The number of benzene rings is 1. The first kappa shape index (κ1) is 24.9. The Morgan fingerprint density at radius 2 is 2.10 bits per heavy atom. The number of nitrogens with zero attached hydrogens (tertiary/aromatic N) is 1. The highest BCUT2D eigenvalue weighted by molar-refractivity contribution is 5.93. The van der Waals surface area contributed by atoms with Crippen LogP contribution in [0.15, 0.2) is 49.2 Å². The number of esters is 1. The van der Waals surface area contributed by atoms with Crippen LogP contribution in [0.4, 0.5) is 0 Å². The number of ether oxygens (including phenoxy) is 2. The van der Waals surface area contributed by atoms with Crippen LogP contribution >= 0.6 is 24.8 Å². The van der Waals surface area contributed by atoms with Gasteiger partial charge >= 0.3 is 5.97 Å². The molecule has 2 N–H and O–H groups in total. The van der Waals surface area contributed by atoms with Gasteiger partial charge in [0.2, 0.25) is 11.8 Å². The van der Waals surface area contributed by atoms with Crippen LogP contribution in [0.5, 0.6) is 5.88 Å². The van der Waals surface area contributed by atoms with Gasteiger partial charge in [-0.1, -0.05) is 24.3 Å². The Morgan fingerprint density at radius 1 is 1.32 bits per heavy atom. The minimum atomic E-state index is -0.980. The van der Waals surface area contributed by atoms with Crippen molar-refractivity contribution < 1.29 is 19.1 Å². The van der Waals surface area contributed by atoms with E-state index in [4.69, 9.17) is 9.47 Å². The molecule has 1 aliphatic heterocycles. The molecule has 2 aliphatic rings. The second kappa shape index (κ2) is 10.3. The van der Waals surface area contributed by atoms with E-state index in [1.165, 1.54) is 0 Å². The molecule has 1 aliphatic carbocycles. The summed E-state index contributed by atoms with van der Waals surface area (Å²) in [6.07, 6.45) is 4.24. The Balaban J connectivity index is 0.00000171. The molecule has 0 radical (unpaired) electrons. The number of carbonyl (C=O) groups excluding carboxylic acids is 2. The number of nitrogens with one attached hydrogen (secondary N) is 2. The Hall–Kier alpha value is -2.35. The first-order chi connectivity index (χ1) is 14.1. The summed E-state index contributed by atoms with van der Waals surface area (Å²) in [4.78, 5) is 29.5. The lowest BCUT2D eigenvalue weighted by atomic mass is 10.1. The number of rotatable bonds is 7. The smallest absolute Gasteiger partial charge is 0.332 e. The van der Waals surface area contributed by atoms with Crippen LogP contribution in [0.25, 0.3) is 10.8 Å². The van der Waals surface area contributed by atoms with Crippen LogP contribution in [0.1, 0.15) is 19.8 Å². The van der Waals surface area contributed by atoms with Crippen molar-refractivity contribution in [2.75, 3.05) is 13.2 Å². The minimum Gasteiger partial charge on any atom is -0.472 e. The van der Waals surface area contributed by atoms with Gasteiger partial charge in [0.15, 0.2) is 0 Å². The van der Waals surface area contributed by atoms with Gasteiger partial charge in [0.1, 0.15) is 11.6 Å². The zero-order valence-electron chi connectivity index (χ0n) is 17.2. The number of fused-ring (bicyclic) bond motifs is 1. The lowest BCUT2D eigenvalue weighted by Gasteiger charge is -2.20. The zero-order chi connectivity index (χ0) is 20.4. The van der Waals surface area contributed by atoms with E-state index in [9.17, 15) is 9.59 Å². The highest BCUT2D eigenvalue weighted by Gasteiger charge is 2.61. The molecule has 1 saturated heterocycles. The van der Waals surface area contributed by atoms with Gasteiger partial charge in [-0.2, -0.15) is 0 Å². The van der Waals surface area contributed by atoms with Crippen LogP contribution in [-0.4, -0.2) is 47.7 Å². The van der Waals surface area contributed by atoms with Crippen molar-refractivity contribution in [1.29, 1.82) is 0 Å². The molecule has 2 heterocycles. The van der Waals surface area contributed by atoms with Crippen LogP contribution < -0.4 is 15.4 Å².